The molecule has 1 N–H and O–H groups in total. The quantitative estimate of drug-likeness (QED) is 0.124. The molecule has 3 aromatic rings. The monoisotopic (exact) mass is 720 g/mol. The van der Waals surface area contributed by atoms with Crippen molar-refractivity contribution in [2.45, 2.75) is 69.6 Å². The molecule has 0 unspecified atom stereocenters. The molecule has 7 rings (SSSR count). The van der Waals surface area contributed by atoms with Crippen LogP contribution in [0.2, 0.25) is 0 Å². The maximum Gasteiger partial charge on any atom is 0.439 e. The van der Waals surface area contributed by atoms with E-state index < -0.39 is 65.1 Å². The van der Waals surface area contributed by atoms with Crippen LogP contribution in [0, 0.1) is 23.2 Å². The number of benzene rings is 3. The van der Waals surface area contributed by atoms with Gasteiger partial charge in [0.15, 0.2) is 14.7 Å². The molecule has 3 aromatic carbocycles. The Morgan fingerprint density at radius 1 is 0.681 bits per heavy atom. The highest BCUT2D eigenvalue weighted by atomic mass is 32.2. The third-order valence-corrected chi connectivity index (χ3v) is 14.6. The standard InChI is InChI=1S/C32H31F6NO5S3/c33-30(34,32(37,38)47(42,43)44)31(35,36)46(40,41)39(21-29-18-22-14-23(19-29)16-24(15-22)20-29)25-8-7-13-28(17-25)45(26-9-3-1-4-10-26)27-11-5-2-6-12-27/h1-13,17,22-24H,14-16,18-21H2/p+1. The van der Waals surface area contributed by atoms with Gasteiger partial charge in [-0.2, -0.15) is 43.2 Å². The van der Waals surface area contributed by atoms with Crippen molar-refractivity contribution in [3.8, 4) is 0 Å². The van der Waals surface area contributed by atoms with Crippen LogP contribution in [0.25, 0.3) is 0 Å². The van der Waals surface area contributed by atoms with Crippen LogP contribution >= 0.6 is 0 Å². The molecular weight excluding hydrogens is 689 g/mol. The summed E-state index contributed by atoms with van der Waals surface area (Å²) in [6.07, 6.45) is 4.00. The van der Waals surface area contributed by atoms with Gasteiger partial charge in [0.25, 0.3) is 0 Å². The third kappa shape index (κ3) is 5.74. The normalized spacial score (nSPS) is 24.9. The zero-order valence-electron chi connectivity index (χ0n) is 24.8. The minimum Gasteiger partial charge on any atom is -0.281 e. The second kappa shape index (κ2) is 11.7. The van der Waals surface area contributed by atoms with E-state index in [1.165, 1.54) is 12.1 Å². The molecule has 4 bridgehead atoms. The average molecular weight is 721 g/mol. The van der Waals surface area contributed by atoms with Gasteiger partial charge in [0.05, 0.1) is 16.6 Å². The smallest absolute Gasteiger partial charge is 0.281 e. The molecule has 6 nitrogen and oxygen atoms in total. The van der Waals surface area contributed by atoms with Gasteiger partial charge in [0.2, 0.25) is 0 Å². The summed E-state index contributed by atoms with van der Waals surface area (Å²) in [5.41, 5.74) is -1.33. The van der Waals surface area contributed by atoms with Crippen molar-refractivity contribution in [3.63, 3.8) is 0 Å². The minimum absolute atomic E-state index is 0.0785. The van der Waals surface area contributed by atoms with Crippen LogP contribution < -0.4 is 4.31 Å². The lowest BCUT2D eigenvalue weighted by atomic mass is 9.49. The Labute approximate surface area is 272 Å². The molecule has 254 valence electrons. The van der Waals surface area contributed by atoms with Gasteiger partial charge in [-0.05, 0) is 98.1 Å². The lowest BCUT2D eigenvalue weighted by Crippen LogP contribution is -2.64. The minimum atomic E-state index is -7.16. The zero-order chi connectivity index (χ0) is 34.0. The number of anilines is 1. The zero-order valence-corrected chi connectivity index (χ0v) is 27.2. The van der Waals surface area contributed by atoms with Gasteiger partial charge in [0, 0.05) is 12.6 Å². The second-order valence-electron chi connectivity index (χ2n) is 12.9. The van der Waals surface area contributed by atoms with E-state index in [1.54, 1.807) is 42.5 Å². The number of nitrogens with zero attached hydrogens (tertiary/aromatic N) is 1. The molecule has 0 aliphatic heterocycles. The van der Waals surface area contributed by atoms with Crippen LogP contribution in [-0.2, 0) is 31.0 Å². The maximum absolute atomic E-state index is 15.7. The SMILES string of the molecule is O=S(=O)(O)C(F)(F)C(F)(F)C(F)(F)S(=O)(=O)N(CC12CC3CC(CC(C3)C1)C2)c1cccc([S+](c2ccccc2)c2ccccc2)c1. The molecule has 15 heteroatoms. The summed E-state index contributed by atoms with van der Waals surface area (Å²) in [7, 11) is -14.9. The van der Waals surface area contributed by atoms with Crippen LogP contribution in [0.5, 0.6) is 0 Å². The highest BCUT2D eigenvalue weighted by molar-refractivity contribution is 7.97. The fourth-order valence-electron chi connectivity index (χ4n) is 8.02. The van der Waals surface area contributed by atoms with Gasteiger partial charge in [-0.1, -0.05) is 42.5 Å². The average Bonchev–Trinajstić information content (AvgIpc) is 3.00. The molecular formula is C32H32F6NO5S3+. The summed E-state index contributed by atoms with van der Waals surface area (Å²) in [5.74, 6) is -6.48. The number of alkyl halides is 6. The van der Waals surface area contributed by atoms with Crippen LogP contribution in [0.15, 0.2) is 99.6 Å². The molecule has 0 heterocycles. The summed E-state index contributed by atoms with van der Waals surface area (Å²) < 4.78 is 149. The fourth-order valence-corrected chi connectivity index (χ4v) is 12.2. The van der Waals surface area contributed by atoms with Gasteiger partial charge < -0.3 is 0 Å². The Kier molecular flexibility index (Phi) is 8.49. The Balaban J connectivity index is 1.50. The van der Waals surface area contributed by atoms with Crippen LogP contribution in [0.3, 0.4) is 0 Å². The van der Waals surface area contributed by atoms with Crippen molar-refractivity contribution in [1.29, 1.82) is 0 Å². The first-order valence-electron chi connectivity index (χ1n) is 15.0. The number of hydrogen-bond acceptors (Lipinski definition) is 4. The summed E-state index contributed by atoms with van der Waals surface area (Å²) in [6.45, 7) is -0.685. The fraction of sp³-hybridized carbons (Fsp3) is 0.438. The summed E-state index contributed by atoms with van der Waals surface area (Å²) in [5, 5.41) is -13.5. The molecule has 4 saturated carbocycles. The van der Waals surface area contributed by atoms with E-state index in [-0.39, 0.29) is 22.1 Å². The molecule has 47 heavy (non-hydrogen) atoms. The Morgan fingerprint density at radius 3 is 1.57 bits per heavy atom. The van der Waals surface area contributed by atoms with E-state index in [2.05, 4.69) is 0 Å². The molecule has 0 atom stereocenters. The van der Waals surface area contributed by atoms with Crippen molar-refractivity contribution in [3.05, 3.63) is 84.9 Å². The van der Waals surface area contributed by atoms with Crippen molar-refractivity contribution < 1.29 is 47.7 Å². The first kappa shape index (κ1) is 34.1. The van der Waals surface area contributed by atoms with E-state index in [0.29, 0.717) is 24.2 Å². The van der Waals surface area contributed by atoms with E-state index >= 15 is 8.78 Å². The summed E-state index contributed by atoms with van der Waals surface area (Å²) >= 11 is 0. The highest BCUT2D eigenvalue weighted by Gasteiger charge is 2.83. The molecule has 4 fully saturated rings. The predicted octanol–water partition coefficient (Wildman–Crippen LogP) is 7.84. The number of hydrogen-bond donors (Lipinski definition) is 1. The Hall–Kier alpha value is -2.75. The van der Waals surface area contributed by atoms with Crippen LogP contribution in [0.4, 0.5) is 32.0 Å². The van der Waals surface area contributed by atoms with Gasteiger partial charge >= 0.3 is 36.6 Å². The van der Waals surface area contributed by atoms with Crippen LogP contribution in [-0.4, -0.2) is 44.4 Å². The van der Waals surface area contributed by atoms with Crippen LogP contribution in [0.1, 0.15) is 38.5 Å². The second-order valence-corrected chi connectivity index (χ2v) is 18.3. The first-order valence-corrected chi connectivity index (χ1v) is 19.1. The van der Waals surface area contributed by atoms with Crippen molar-refractivity contribution >= 4 is 36.7 Å². The largest absolute Gasteiger partial charge is 0.439 e. The highest BCUT2D eigenvalue weighted by Crippen LogP contribution is 2.61. The summed E-state index contributed by atoms with van der Waals surface area (Å²) in [6, 6.07) is 23.4. The Morgan fingerprint density at radius 2 is 1.13 bits per heavy atom. The van der Waals surface area contributed by atoms with Gasteiger partial charge in [-0.3, -0.25) is 8.86 Å². The van der Waals surface area contributed by atoms with E-state index in [4.69, 9.17) is 4.55 Å². The number of halogens is 6. The molecule has 0 saturated heterocycles. The summed E-state index contributed by atoms with van der Waals surface area (Å²) in [4.78, 5) is 1.98. The lowest BCUT2D eigenvalue weighted by molar-refractivity contribution is -0.245. The molecule has 0 amide bonds. The van der Waals surface area contributed by atoms with E-state index in [1.807, 2.05) is 24.3 Å². The maximum atomic E-state index is 15.7. The number of sulfonamides is 1. The first-order chi connectivity index (χ1) is 21.9. The predicted molar refractivity (Wildman–Crippen MR) is 165 cm³/mol. The van der Waals surface area contributed by atoms with E-state index in [0.717, 1.165) is 35.1 Å². The topological polar surface area (TPSA) is 91.7 Å². The van der Waals surface area contributed by atoms with Gasteiger partial charge in [-0.25, -0.2) is 0 Å². The molecule has 0 spiro atoms. The Bertz CT molecular complexity index is 1770. The molecule has 0 radical (unpaired) electrons. The van der Waals surface area contributed by atoms with E-state index in [9.17, 15) is 34.4 Å². The molecule has 4 aliphatic carbocycles. The van der Waals surface area contributed by atoms with Crippen molar-refractivity contribution in [2.75, 3.05) is 10.8 Å². The molecule has 4 aliphatic rings. The molecule has 0 aromatic heterocycles. The number of rotatable bonds is 11. The van der Waals surface area contributed by atoms with Gasteiger partial charge in [-0.15, -0.1) is 0 Å². The van der Waals surface area contributed by atoms with Crippen molar-refractivity contribution in [2.24, 2.45) is 23.2 Å². The lowest BCUT2D eigenvalue weighted by Gasteiger charge is -2.57. The van der Waals surface area contributed by atoms with Crippen molar-refractivity contribution in [1.82, 2.24) is 0 Å². The van der Waals surface area contributed by atoms with Gasteiger partial charge in [0.1, 0.15) is 0 Å². The third-order valence-electron chi connectivity index (χ3n) is 9.61.